The molecule has 0 aromatic heterocycles. The van der Waals surface area contributed by atoms with Crippen LogP contribution in [-0.4, -0.2) is 23.0 Å². The molecule has 92 valence electrons. The fraction of sp³-hybridized carbons (Fsp3) is 0.273. The molecule has 6 heteroatoms. The number of carbonyl (C=O) groups is 2. The fourth-order valence-electron chi connectivity index (χ4n) is 1.19. The lowest BCUT2D eigenvalue weighted by atomic mass is 10.1. The van der Waals surface area contributed by atoms with Crippen LogP contribution in [-0.2, 0) is 16.0 Å². The molecule has 0 aliphatic carbocycles. The van der Waals surface area contributed by atoms with Crippen molar-refractivity contribution in [3.63, 3.8) is 0 Å². The summed E-state index contributed by atoms with van der Waals surface area (Å²) in [6.07, 6.45) is -0.0537. The lowest BCUT2D eigenvalue weighted by Gasteiger charge is -2.09. The highest BCUT2D eigenvalue weighted by Crippen LogP contribution is 2.16. The zero-order valence-electron chi connectivity index (χ0n) is 9.04. The second kappa shape index (κ2) is 5.77. The van der Waals surface area contributed by atoms with E-state index in [2.05, 4.69) is 21.2 Å². The van der Waals surface area contributed by atoms with E-state index < -0.39 is 23.7 Å². The van der Waals surface area contributed by atoms with Crippen molar-refractivity contribution in [1.29, 1.82) is 0 Å². The van der Waals surface area contributed by atoms with Crippen molar-refractivity contribution in [2.45, 2.75) is 19.4 Å². The lowest BCUT2D eigenvalue weighted by molar-refractivity contribution is -0.141. The first-order valence-electron chi connectivity index (χ1n) is 4.86. The van der Waals surface area contributed by atoms with Crippen LogP contribution in [0.3, 0.4) is 0 Å². The number of hydrogen-bond donors (Lipinski definition) is 2. The number of halogens is 2. The van der Waals surface area contributed by atoms with Crippen LogP contribution in [0.1, 0.15) is 12.5 Å². The SMILES string of the molecule is C[C@@H](NC(=O)Cc1ccc(Br)c(F)c1)C(=O)O. The predicted molar refractivity (Wildman–Crippen MR) is 63.0 cm³/mol. The van der Waals surface area contributed by atoms with Crippen LogP contribution in [0.5, 0.6) is 0 Å². The summed E-state index contributed by atoms with van der Waals surface area (Å²) in [6.45, 7) is 1.36. The number of amides is 1. The van der Waals surface area contributed by atoms with E-state index in [-0.39, 0.29) is 6.42 Å². The molecule has 0 unspecified atom stereocenters. The number of carbonyl (C=O) groups excluding carboxylic acids is 1. The third-order valence-electron chi connectivity index (χ3n) is 2.10. The quantitative estimate of drug-likeness (QED) is 0.890. The normalized spacial score (nSPS) is 11.9. The van der Waals surface area contributed by atoms with E-state index in [4.69, 9.17) is 5.11 Å². The molecule has 0 radical (unpaired) electrons. The summed E-state index contributed by atoms with van der Waals surface area (Å²) in [7, 11) is 0. The molecule has 1 aromatic carbocycles. The van der Waals surface area contributed by atoms with Crippen molar-refractivity contribution in [3.8, 4) is 0 Å². The molecule has 0 fully saturated rings. The van der Waals surface area contributed by atoms with Gasteiger partial charge in [-0.3, -0.25) is 9.59 Å². The van der Waals surface area contributed by atoms with Crippen LogP contribution in [0.2, 0.25) is 0 Å². The second-order valence-electron chi connectivity index (χ2n) is 3.55. The van der Waals surface area contributed by atoms with Crippen molar-refractivity contribution < 1.29 is 19.1 Å². The maximum atomic E-state index is 13.1. The minimum Gasteiger partial charge on any atom is -0.480 e. The predicted octanol–water partition coefficient (Wildman–Crippen LogP) is 1.72. The van der Waals surface area contributed by atoms with Crippen LogP contribution in [0.4, 0.5) is 4.39 Å². The van der Waals surface area contributed by atoms with Gasteiger partial charge in [0.1, 0.15) is 11.9 Å². The van der Waals surface area contributed by atoms with Crippen molar-refractivity contribution >= 4 is 27.8 Å². The maximum absolute atomic E-state index is 13.1. The van der Waals surface area contributed by atoms with Crippen LogP contribution in [0, 0.1) is 5.82 Å². The van der Waals surface area contributed by atoms with Gasteiger partial charge in [0.15, 0.2) is 0 Å². The molecule has 17 heavy (non-hydrogen) atoms. The molecular weight excluding hydrogens is 293 g/mol. The Labute approximate surface area is 106 Å². The van der Waals surface area contributed by atoms with Crippen molar-refractivity contribution in [2.75, 3.05) is 0 Å². The maximum Gasteiger partial charge on any atom is 0.325 e. The molecule has 1 atom stereocenters. The summed E-state index contributed by atoms with van der Waals surface area (Å²) in [5.74, 6) is -2.02. The molecule has 0 saturated heterocycles. The van der Waals surface area contributed by atoms with E-state index in [0.29, 0.717) is 10.0 Å². The molecule has 0 heterocycles. The van der Waals surface area contributed by atoms with E-state index in [1.807, 2.05) is 0 Å². The standard InChI is InChI=1S/C11H11BrFNO3/c1-6(11(16)17)14-10(15)5-7-2-3-8(12)9(13)4-7/h2-4,6H,5H2,1H3,(H,14,15)(H,16,17)/t6-/m1/s1. The van der Waals surface area contributed by atoms with E-state index in [9.17, 15) is 14.0 Å². The number of nitrogens with one attached hydrogen (secondary N) is 1. The van der Waals surface area contributed by atoms with Crippen molar-refractivity contribution in [1.82, 2.24) is 5.32 Å². The van der Waals surface area contributed by atoms with Gasteiger partial charge in [-0.15, -0.1) is 0 Å². The number of aliphatic carboxylic acids is 1. The summed E-state index contributed by atoms with van der Waals surface area (Å²) in [6, 6.07) is 3.37. The van der Waals surface area contributed by atoms with Gasteiger partial charge in [-0.25, -0.2) is 4.39 Å². The molecule has 1 rings (SSSR count). The van der Waals surface area contributed by atoms with Gasteiger partial charge >= 0.3 is 5.97 Å². The molecule has 0 bridgehead atoms. The Morgan fingerprint density at radius 3 is 2.71 bits per heavy atom. The van der Waals surface area contributed by atoms with Gasteiger partial charge < -0.3 is 10.4 Å². The van der Waals surface area contributed by atoms with Crippen LogP contribution >= 0.6 is 15.9 Å². The Morgan fingerprint density at radius 1 is 1.53 bits per heavy atom. The molecule has 1 aromatic rings. The highest BCUT2D eigenvalue weighted by molar-refractivity contribution is 9.10. The fourth-order valence-corrected chi connectivity index (χ4v) is 1.44. The van der Waals surface area contributed by atoms with Gasteiger partial charge in [-0.05, 0) is 40.5 Å². The minimum absolute atomic E-state index is 0.0537. The molecular formula is C11H11BrFNO3. The van der Waals surface area contributed by atoms with Gasteiger partial charge in [0.2, 0.25) is 5.91 Å². The van der Waals surface area contributed by atoms with Gasteiger partial charge in [0, 0.05) is 0 Å². The Morgan fingerprint density at radius 2 is 2.18 bits per heavy atom. The summed E-state index contributed by atoms with van der Waals surface area (Å²) >= 11 is 3.00. The van der Waals surface area contributed by atoms with E-state index in [0.717, 1.165) is 0 Å². The first-order valence-corrected chi connectivity index (χ1v) is 5.65. The number of benzene rings is 1. The Hall–Kier alpha value is -1.43. The Balaban J connectivity index is 2.62. The van der Waals surface area contributed by atoms with Crippen LogP contribution in [0.25, 0.3) is 0 Å². The molecule has 4 nitrogen and oxygen atoms in total. The molecule has 0 aliphatic heterocycles. The number of carboxylic acids is 1. The summed E-state index contributed by atoms with van der Waals surface area (Å²) < 4.78 is 13.5. The summed E-state index contributed by atoms with van der Waals surface area (Å²) in [4.78, 5) is 21.9. The molecule has 1 amide bonds. The van der Waals surface area contributed by atoms with Gasteiger partial charge in [0.25, 0.3) is 0 Å². The third-order valence-corrected chi connectivity index (χ3v) is 2.74. The van der Waals surface area contributed by atoms with Crippen LogP contribution in [0.15, 0.2) is 22.7 Å². The van der Waals surface area contributed by atoms with Crippen molar-refractivity contribution in [3.05, 3.63) is 34.1 Å². The zero-order chi connectivity index (χ0) is 13.0. The Kier molecular flexibility index (Phi) is 4.62. The number of rotatable bonds is 4. The lowest BCUT2D eigenvalue weighted by Crippen LogP contribution is -2.39. The highest BCUT2D eigenvalue weighted by Gasteiger charge is 2.14. The van der Waals surface area contributed by atoms with E-state index >= 15 is 0 Å². The summed E-state index contributed by atoms with van der Waals surface area (Å²) in [5.41, 5.74) is 0.487. The third kappa shape index (κ3) is 4.14. The van der Waals surface area contributed by atoms with E-state index in [1.54, 1.807) is 6.07 Å². The minimum atomic E-state index is -1.11. The first-order chi connectivity index (χ1) is 7.90. The number of carboxylic acid groups (broad SMARTS) is 1. The average Bonchev–Trinajstić information content (AvgIpc) is 2.23. The van der Waals surface area contributed by atoms with Gasteiger partial charge in [-0.1, -0.05) is 6.07 Å². The molecule has 2 N–H and O–H groups in total. The molecule has 0 spiro atoms. The molecule has 0 saturated carbocycles. The Bertz CT molecular complexity index is 450. The first kappa shape index (κ1) is 13.6. The number of hydrogen-bond acceptors (Lipinski definition) is 2. The monoisotopic (exact) mass is 303 g/mol. The van der Waals surface area contributed by atoms with Gasteiger partial charge in [-0.2, -0.15) is 0 Å². The molecule has 0 aliphatic rings. The largest absolute Gasteiger partial charge is 0.480 e. The highest BCUT2D eigenvalue weighted by atomic mass is 79.9. The summed E-state index contributed by atoms with van der Waals surface area (Å²) in [5, 5.41) is 10.9. The van der Waals surface area contributed by atoms with Gasteiger partial charge in [0.05, 0.1) is 10.9 Å². The smallest absolute Gasteiger partial charge is 0.325 e. The van der Waals surface area contributed by atoms with Crippen molar-refractivity contribution in [2.24, 2.45) is 0 Å². The van der Waals surface area contributed by atoms with Crippen LogP contribution < -0.4 is 5.32 Å². The second-order valence-corrected chi connectivity index (χ2v) is 4.41. The zero-order valence-corrected chi connectivity index (χ0v) is 10.6. The average molecular weight is 304 g/mol. The topological polar surface area (TPSA) is 66.4 Å². The van der Waals surface area contributed by atoms with E-state index in [1.165, 1.54) is 19.1 Å².